The van der Waals surface area contributed by atoms with E-state index in [0.29, 0.717) is 24.9 Å². The first-order valence-corrected chi connectivity index (χ1v) is 9.77. The summed E-state index contributed by atoms with van der Waals surface area (Å²) in [6, 6.07) is 0. The van der Waals surface area contributed by atoms with Crippen molar-refractivity contribution < 1.29 is 19.7 Å². The van der Waals surface area contributed by atoms with Gasteiger partial charge < -0.3 is 14.9 Å². The molecule has 4 aliphatic carbocycles. The third-order valence-electron chi connectivity index (χ3n) is 8.50. The minimum atomic E-state index is -1.05. The van der Waals surface area contributed by atoms with E-state index in [1.807, 2.05) is 0 Å². The number of hydrogen-bond donors (Lipinski definition) is 2. The van der Waals surface area contributed by atoms with Gasteiger partial charge in [-0.25, -0.2) is 0 Å². The molecule has 0 unspecified atom stereocenters. The minimum absolute atomic E-state index is 0.0736. The summed E-state index contributed by atoms with van der Waals surface area (Å²) < 4.78 is 5.82. The number of carbonyl (C=O) groups is 1. The van der Waals surface area contributed by atoms with Gasteiger partial charge in [0.15, 0.2) is 11.6 Å². The summed E-state index contributed by atoms with van der Waals surface area (Å²) in [6.45, 7) is 4.57. The van der Waals surface area contributed by atoms with Crippen LogP contribution in [0, 0.1) is 34.5 Å². The first-order valence-electron chi connectivity index (χ1n) is 9.77. The molecular formula is C21H28O4. The van der Waals surface area contributed by atoms with Crippen molar-refractivity contribution in [2.45, 2.75) is 57.8 Å². The van der Waals surface area contributed by atoms with Gasteiger partial charge >= 0.3 is 0 Å². The first kappa shape index (κ1) is 16.2. The SMILES string of the molecule is C[C@]12C=CC(=O)C=C1CC[C@@H]1[C@@H]2[C@H](O)C[C@]23CO[C@@](C)(O)[C@H]2CC[C@@H]13. The molecule has 0 bridgehead atoms. The zero-order valence-electron chi connectivity index (χ0n) is 15.1. The molecule has 1 heterocycles. The van der Waals surface area contributed by atoms with E-state index in [1.165, 1.54) is 5.57 Å². The number of hydrogen-bond acceptors (Lipinski definition) is 4. The van der Waals surface area contributed by atoms with Gasteiger partial charge in [-0.3, -0.25) is 4.79 Å². The molecule has 0 aromatic rings. The summed E-state index contributed by atoms with van der Waals surface area (Å²) in [7, 11) is 0. The predicted molar refractivity (Wildman–Crippen MR) is 92.4 cm³/mol. The van der Waals surface area contributed by atoms with E-state index in [-0.39, 0.29) is 28.4 Å². The normalized spacial score (nSPS) is 56.7. The zero-order chi connectivity index (χ0) is 17.6. The quantitative estimate of drug-likeness (QED) is 0.709. The number of ether oxygens (including phenoxy) is 1. The molecule has 4 nitrogen and oxygen atoms in total. The van der Waals surface area contributed by atoms with Crippen LogP contribution in [0.2, 0.25) is 0 Å². The van der Waals surface area contributed by atoms with Crippen LogP contribution in [0.1, 0.15) is 46.0 Å². The summed E-state index contributed by atoms with van der Waals surface area (Å²) >= 11 is 0. The number of ketones is 1. The number of rotatable bonds is 0. The van der Waals surface area contributed by atoms with Crippen LogP contribution < -0.4 is 0 Å². The highest BCUT2D eigenvalue weighted by Gasteiger charge is 2.68. The van der Waals surface area contributed by atoms with Crippen LogP contribution in [-0.4, -0.2) is 34.5 Å². The van der Waals surface area contributed by atoms with Crippen LogP contribution in [-0.2, 0) is 9.53 Å². The Labute approximate surface area is 148 Å². The van der Waals surface area contributed by atoms with E-state index in [1.54, 1.807) is 19.1 Å². The molecular weight excluding hydrogens is 316 g/mol. The van der Waals surface area contributed by atoms with Crippen molar-refractivity contribution in [3.8, 4) is 0 Å². The van der Waals surface area contributed by atoms with Gasteiger partial charge in [0.05, 0.1) is 12.7 Å². The van der Waals surface area contributed by atoms with E-state index in [4.69, 9.17) is 4.74 Å². The van der Waals surface area contributed by atoms with Crippen LogP contribution in [0.3, 0.4) is 0 Å². The lowest BCUT2D eigenvalue weighted by molar-refractivity contribution is -0.180. The van der Waals surface area contributed by atoms with Gasteiger partial charge in [-0.15, -0.1) is 0 Å². The van der Waals surface area contributed by atoms with Crippen LogP contribution in [0.15, 0.2) is 23.8 Å². The first-order chi connectivity index (χ1) is 11.8. The topological polar surface area (TPSA) is 66.8 Å². The van der Waals surface area contributed by atoms with Gasteiger partial charge in [-0.2, -0.15) is 0 Å². The summed E-state index contributed by atoms with van der Waals surface area (Å²) in [4.78, 5) is 11.8. The number of fused-ring (bicyclic) bond motifs is 4. The van der Waals surface area contributed by atoms with Crippen molar-refractivity contribution in [2.75, 3.05) is 6.61 Å². The van der Waals surface area contributed by atoms with E-state index >= 15 is 0 Å². The molecule has 2 N–H and O–H groups in total. The smallest absolute Gasteiger partial charge is 0.178 e. The lowest BCUT2D eigenvalue weighted by Crippen LogP contribution is -2.57. The highest BCUT2D eigenvalue weighted by atomic mass is 16.6. The highest BCUT2D eigenvalue weighted by molar-refractivity contribution is 6.01. The zero-order valence-corrected chi connectivity index (χ0v) is 15.1. The molecule has 5 rings (SSSR count). The molecule has 4 fully saturated rings. The fourth-order valence-electron chi connectivity index (χ4n) is 7.57. The van der Waals surface area contributed by atoms with E-state index in [9.17, 15) is 15.0 Å². The Hall–Kier alpha value is -0.970. The fraction of sp³-hybridized carbons (Fsp3) is 0.762. The average Bonchev–Trinajstić information content (AvgIpc) is 3.04. The Morgan fingerprint density at radius 3 is 2.84 bits per heavy atom. The number of aliphatic hydroxyl groups is 2. The van der Waals surface area contributed by atoms with Crippen LogP contribution in [0.4, 0.5) is 0 Å². The van der Waals surface area contributed by atoms with Gasteiger partial charge in [0.25, 0.3) is 0 Å². The molecule has 1 aliphatic heterocycles. The number of allylic oxidation sites excluding steroid dienone is 4. The number of carbonyl (C=O) groups excluding carboxylic acids is 1. The summed E-state index contributed by atoms with van der Waals surface area (Å²) in [5.41, 5.74) is 0.911. The van der Waals surface area contributed by atoms with Gasteiger partial charge in [0.1, 0.15) is 0 Å². The van der Waals surface area contributed by atoms with Crippen molar-refractivity contribution in [3.63, 3.8) is 0 Å². The van der Waals surface area contributed by atoms with E-state index < -0.39 is 11.9 Å². The number of aliphatic hydroxyl groups excluding tert-OH is 1. The highest BCUT2D eigenvalue weighted by Crippen LogP contribution is 2.69. The molecule has 3 saturated carbocycles. The van der Waals surface area contributed by atoms with Crippen molar-refractivity contribution >= 4 is 5.78 Å². The predicted octanol–water partition coefficient (Wildman–Crippen LogP) is 2.60. The van der Waals surface area contributed by atoms with E-state index in [2.05, 4.69) is 13.0 Å². The molecule has 0 aromatic carbocycles. The van der Waals surface area contributed by atoms with Gasteiger partial charge in [0, 0.05) is 22.7 Å². The Balaban J connectivity index is 1.56. The van der Waals surface area contributed by atoms with Crippen molar-refractivity contribution in [3.05, 3.63) is 23.8 Å². The maximum absolute atomic E-state index is 11.8. The van der Waals surface area contributed by atoms with Crippen molar-refractivity contribution in [1.82, 2.24) is 0 Å². The summed E-state index contributed by atoms with van der Waals surface area (Å²) in [6.07, 6.45) is 9.92. The molecule has 0 amide bonds. The maximum atomic E-state index is 11.8. The average molecular weight is 344 g/mol. The second-order valence-corrected chi connectivity index (χ2v) is 9.50. The molecule has 1 spiro atoms. The Morgan fingerprint density at radius 1 is 1.24 bits per heavy atom. The van der Waals surface area contributed by atoms with E-state index in [0.717, 1.165) is 25.7 Å². The standard InChI is InChI=1S/C21H28O4/c1-19-8-7-13(22)9-12(19)3-4-14-15-5-6-17-20(2,24)25-11-21(15,17)10-16(23)18(14)19/h7-9,14-18,23-24H,3-6,10-11H2,1-2H3/t14-,15-,16+,17+,18+,19-,20+,21+/m0/s1. The summed E-state index contributed by atoms with van der Waals surface area (Å²) in [5.74, 6) is 0.261. The minimum Gasteiger partial charge on any atom is -0.393 e. The molecule has 1 saturated heterocycles. The van der Waals surface area contributed by atoms with Crippen LogP contribution >= 0.6 is 0 Å². The largest absolute Gasteiger partial charge is 0.393 e. The monoisotopic (exact) mass is 344 g/mol. The molecule has 8 atom stereocenters. The molecule has 136 valence electrons. The lowest BCUT2D eigenvalue weighted by atomic mass is 9.46. The summed E-state index contributed by atoms with van der Waals surface area (Å²) in [5, 5.41) is 21.9. The van der Waals surface area contributed by atoms with Crippen molar-refractivity contribution in [2.24, 2.45) is 34.5 Å². The Kier molecular flexibility index (Phi) is 3.14. The Morgan fingerprint density at radius 2 is 2.04 bits per heavy atom. The van der Waals surface area contributed by atoms with Gasteiger partial charge in [0.2, 0.25) is 0 Å². The maximum Gasteiger partial charge on any atom is 0.178 e. The molecule has 4 heteroatoms. The van der Waals surface area contributed by atoms with Gasteiger partial charge in [-0.1, -0.05) is 18.6 Å². The second kappa shape index (κ2) is 4.85. The third kappa shape index (κ3) is 1.91. The lowest BCUT2D eigenvalue weighted by Gasteiger charge is -2.58. The molecule has 5 aliphatic rings. The Bertz CT molecular complexity index is 692. The van der Waals surface area contributed by atoms with Gasteiger partial charge in [-0.05, 0) is 63.0 Å². The van der Waals surface area contributed by atoms with Crippen LogP contribution in [0.5, 0.6) is 0 Å². The molecule has 25 heavy (non-hydrogen) atoms. The molecule has 0 aromatic heterocycles. The van der Waals surface area contributed by atoms with Crippen molar-refractivity contribution in [1.29, 1.82) is 0 Å². The fourth-order valence-corrected chi connectivity index (χ4v) is 7.57. The molecule has 0 radical (unpaired) electrons. The second-order valence-electron chi connectivity index (χ2n) is 9.50. The third-order valence-corrected chi connectivity index (χ3v) is 8.50. The van der Waals surface area contributed by atoms with Crippen LogP contribution in [0.25, 0.3) is 0 Å².